The van der Waals surface area contributed by atoms with Crippen LogP contribution < -0.4 is 5.73 Å². The molecular formula is C13H25N3. The highest BCUT2D eigenvalue weighted by Gasteiger charge is 2.40. The monoisotopic (exact) mass is 223 g/mol. The minimum absolute atomic E-state index is 0.381. The SMILES string of the molecule is CC(N)C1CCN(C2CN3CCC2CC3)C1. The van der Waals surface area contributed by atoms with Crippen molar-refractivity contribution in [2.75, 3.05) is 32.7 Å². The summed E-state index contributed by atoms with van der Waals surface area (Å²) in [6.07, 6.45) is 4.19. The minimum Gasteiger partial charge on any atom is -0.328 e. The fourth-order valence-corrected chi connectivity index (χ4v) is 3.89. The molecule has 4 rings (SSSR count). The Labute approximate surface area is 99.0 Å². The molecule has 4 aliphatic rings. The Morgan fingerprint density at radius 1 is 1.06 bits per heavy atom. The van der Waals surface area contributed by atoms with Gasteiger partial charge in [-0.2, -0.15) is 0 Å². The van der Waals surface area contributed by atoms with Crippen LogP contribution in [0.5, 0.6) is 0 Å². The minimum atomic E-state index is 0.381. The third-order valence-corrected chi connectivity index (χ3v) is 5.09. The third-order valence-electron chi connectivity index (χ3n) is 5.09. The van der Waals surface area contributed by atoms with Crippen molar-refractivity contribution in [1.82, 2.24) is 9.80 Å². The van der Waals surface area contributed by atoms with Gasteiger partial charge in [0.2, 0.25) is 0 Å². The van der Waals surface area contributed by atoms with Gasteiger partial charge in [-0.1, -0.05) is 0 Å². The van der Waals surface area contributed by atoms with Gasteiger partial charge in [-0.25, -0.2) is 0 Å². The lowest BCUT2D eigenvalue weighted by Crippen LogP contribution is -2.57. The van der Waals surface area contributed by atoms with Crippen LogP contribution in [-0.4, -0.2) is 54.6 Å². The molecule has 0 aromatic carbocycles. The zero-order valence-electron chi connectivity index (χ0n) is 10.4. The molecule has 4 aliphatic heterocycles. The Kier molecular flexibility index (Phi) is 2.94. The highest BCUT2D eigenvalue weighted by atomic mass is 15.3. The first-order valence-electron chi connectivity index (χ1n) is 6.96. The topological polar surface area (TPSA) is 32.5 Å². The van der Waals surface area contributed by atoms with Crippen LogP contribution in [0.4, 0.5) is 0 Å². The van der Waals surface area contributed by atoms with E-state index in [1.54, 1.807) is 0 Å². The molecule has 4 heterocycles. The lowest BCUT2D eigenvalue weighted by Gasteiger charge is -2.48. The van der Waals surface area contributed by atoms with Gasteiger partial charge in [0.05, 0.1) is 0 Å². The van der Waals surface area contributed by atoms with E-state index in [4.69, 9.17) is 5.73 Å². The van der Waals surface area contributed by atoms with E-state index in [2.05, 4.69) is 16.7 Å². The van der Waals surface area contributed by atoms with Crippen molar-refractivity contribution in [3.05, 3.63) is 0 Å². The third kappa shape index (κ3) is 1.89. The van der Waals surface area contributed by atoms with Gasteiger partial charge in [0.25, 0.3) is 0 Å². The largest absolute Gasteiger partial charge is 0.328 e. The van der Waals surface area contributed by atoms with Crippen LogP contribution in [0.2, 0.25) is 0 Å². The second-order valence-electron chi connectivity index (χ2n) is 6.11. The molecule has 0 aromatic heterocycles. The Morgan fingerprint density at radius 3 is 2.31 bits per heavy atom. The van der Waals surface area contributed by atoms with Crippen molar-refractivity contribution in [3.63, 3.8) is 0 Å². The zero-order valence-corrected chi connectivity index (χ0v) is 10.4. The average Bonchev–Trinajstić information content (AvgIpc) is 2.80. The second kappa shape index (κ2) is 4.28. The van der Waals surface area contributed by atoms with E-state index in [0.29, 0.717) is 6.04 Å². The molecule has 4 saturated heterocycles. The molecule has 0 radical (unpaired) electrons. The molecule has 0 spiro atoms. The molecule has 3 atom stereocenters. The smallest absolute Gasteiger partial charge is 0.0252 e. The van der Waals surface area contributed by atoms with E-state index in [1.807, 2.05) is 0 Å². The van der Waals surface area contributed by atoms with E-state index in [9.17, 15) is 0 Å². The number of piperidine rings is 3. The standard InChI is InChI=1S/C13H25N3/c1-10(14)12-4-7-16(8-12)13-9-15-5-2-11(13)3-6-15/h10-13H,2-9,14H2,1H3. The molecule has 92 valence electrons. The molecule has 0 aromatic rings. The molecule has 16 heavy (non-hydrogen) atoms. The Balaban J connectivity index is 1.62. The van der Waals surface area contributed by atoms with Gasteiger partial charge in [0.15, 0.2) is 0 Å². The number of fused-ring (bicyclic) bond motifs is 3. The van der Waals surface area contributed by atoms with Crippen molar-refractivity contribution in [3.8, 4) is 0 Å². The van der Waals surface area contributed by atoms with Crippen molar-refractivity contribution >= 4 is 0 Å². The lowest BCUT2D eigenvalue weighted by atomic mass is 9.83. The molecule has 0 saturated carbocycles. The van der Waals surface area contributed by atoms with Crippen molar-refractivity contribution in [1.29, 1.82) is 0 Å². The molecule has 0 amide bonds. The summed E-state index contributed by atoms with van der Waals surface area (Å²) in [4.78, 5) is 5.40. The van der Waals surface area contributed by atoms with Gasteiger partial charge in [-0.3, -0.25) is 4.90 Å². The first-order chi connectivity index (χ1) is 7.74. The number of nitrogens with two attached hydrogens (primary N) is 1. The van der Waals surface area contributed by atoms with Gasteiger partial charge in [-0.05, 0) is 57.7 Å². The molecule has 3 heteroatoms. The summed E-state index contributed by atoms with van der Waals surface area (Å²) in [5.74, 6) is 1.73. The number of rotatable bonds is 2. The highest BCUT2D eigenvalue weighted by Crippen LogP contribution is 2.33. The number of likely N-dealkylation sites (tertiary alicyclic amines) is 1. The summed E-state index contributed by atoms with van der Waals surface area (Å²) < 4.78 is 0. The number of nitrogens with zero attached hydrogens (tertiary/aromatic N) is 2. The fraction of sp³-hybridized carbons (Fsp3) is 1.00. The first-order valence-corrected chi connectivity index (χ1v) is 6.96. The summed E-state index contributed by atoms with van der Waals surface area (Å²) in [5, 5.41) is 0. The van der Waals surface area contributed by atoms with Crippen LogP contribution >= 0.6 is 0 Å². The van der Waals surface area contributed by atoms with Crippen LogP contribution in [-0.2, 0) is 0 Å². The number of hydrogen-bond donors (Lipinski definition) is 1. The van der Waals surface area contributed by atoms with Gasteiger partial charge in [0, 0.05) is 25.2 Å². The Hall–Kier alpha value is -0.120. The molecule has 3 unspecified atom stereocenters. The lowest BCUT2D eigenvalue weighted by molar-refractivity contribution is 0.0138. The van der Waals surface area contributed by atoms with Gasteiger partial charge in [0.1, 0.15) is 0 Å². The van der Waals surface area contributed by atoms with E-state index in [1.165, 1.54) is 52.0 Å². The molecule has 0 aliphatic carbocycles. The predicted molar refractivity (Wildman–Crippen MR) is 66.3 cm³/mol. The van der Waals surface area contributed by atoms with E-state index < -0.39 is 0 Å². The first kappa shape index (κ1) is 11.0. The van der Waals surface area contributed by atoms with Crippen molar-refractivity contribution in [2.45, 2.75) is 38.3 Å². The van der Waals surface area contributed by atoms with Crippen LogP contribution in [0.15, 0.2) is 0 Å². The predicted octanol–water partition coefficient (Wildman–Crippen LogP) is 0.750. The summed E-state index contributed by atoms with van der Waals surface area (Å²) in [5.41, 5.74) is 6.03. The van der Waals surface area contributed by atoms with Crippen molar-refractivity contribution in [2.24, 2.45) is 17.6 Å². The molecule has 3 nitrogen and oxygen atoms in total. The Bertz CT molecular complexity index is 246. The molecule has 2 N–H and O–H groups in total. The van der Waals surface area contributed by atoms with Crippen LogP contribution in [0, 0.1) is 11.8 Å². The summed E-state index contributed by atoms with van der Waals surface area (Å²) >= 11 is 0. The van der Waals surface area contributed by atoms with Gasteiger partial charge in [-0.15, -0.1) is 0 Å². The maximum absolute atomic E-state index is 6.03. The van der Waals surface area contributed by atoms with E-state index >= 15 is 0 Å². The van der Waals surface area contributed by atoms with E-state index in [0.717, 1.165) is 17.9 Å². The fourth-order valence-electron chi connectivity index (χ4n) is 3.89. The normalized spacial score (nSPS) is 46.1. The number of hydrogen-bond acceptors (Lipinski definition) is 3. The van der Waals surface area contributed by atoms with Crippen LogP contribution in [0.25, 0.3) is 0 Å². The summed E-state index contributed by atoms with van der Waals surface area (Å²) in [6.45, 7) is 8.76. The molecule has 2 bridgehead atoms. The van der Waals surface area contributed by atoms with Crippen LogP contribution in [0.1, 0.15) is 26.2 Å². The zero-order chi connectivity index (χ0) is 11.1. The average molecular weight is 223 g/mol. The summed E-state index contributed by atoms with van der Waals surface area (Å²) in [6, 6.07) is 1.23. The Morgan fingerprint density at radius 2 is 1.81 bits per heavy atom. The van der Waals surface area contributed by atoms with Gasteiger partial charge >= 0.3 is 0 Å². The molecular weight excluding hydrogens is 198 g/mol. The maximum atomic E-state index is 6.03. The highest BCUT2D eigenvalue weighted by molar-refractivity contribution is 4.95. The van der Waals surface area contributed by atoms with E-state index in [-0.39, 0.29) is 0 Å². The van der Waals surface area contributed by atoms with Gasteiger partial charge < -0.3 is 10.6 Å². The maximum Gasteiger partial charge on any atom is 0.0252 e. The van der Waals surface area contributed by atoms with Crippen LogP contribution in [0.3, 0.4) is 0 Å². The quantitative estimate of drug-likeness (QED) is 0.750. The second-order valence-corrected chi connectivity index (χ2v) is 6.11. The summed E-state index contributed by atoms with van der Waals surface area (Å²) in [7, 11) is 0. The van der Waals surface area contributed by atoms with Crippen molar-refractivity contribution < 1.29 is 0 Å². The molecule has 4 fully saturated rings.